The van der Waals surface area contributed by atoms with Gasteiger partial charge in [0.15, 0.2) is 0 Å². The third kappa shape index (κ3) is 1.22. The van der Waals surface area contributed by atoms with Crippen molar-refractivity contribution in [3.63, 3.8) is 0 Å². The molecule has 3 unspecified atom stereocenters. The third-order valence-corrected chi connectivity index (χ3v) is 3.49. The highest BCUT2D eigenvalue weighted by atomic mass is 16.5. The van der Waals surface area contributed by atoms with E-state index >= 15 is 0 Å². The van der Waals surface area contributed by atoms with Crippen LogP contribution in [0, 0.1) is 5.92 Å². The molecular formula is C10H17NO2. The lowest BCUT2D eigenvalue weighted by atomic mass is 9.57. The van der Waals surface area contributed by atoms with Gasteiger partial charge < -0.3 is 10.5 Å². The van der Waals surface area contributed by atoms with Gasteiger partial charge in [0.25, 0.3) is 0 Å². The highest BCUT2D eigenvalue weighted by Crippen LogP contribution is 2.46. The van der Waals surface area contributed by atoms with Crippen LogP contribution in [0.4, 0.5) is 0 Å². The molecule has 0 bridgehead atoms. The molecule has 0 aromatic carbocycles. The minimum Gasteiger partial charge on any atom is -0.377 e. The summed E-state index contributed by atoms with van der Waals surface area (Å²) in [5, 5.41) is 0. The Labute approximate surface area is 78.6 Å². The number of carbonyl (C=O) groups is 1. The van der Waals surface area contributed by atoms with Crippen molar-refractivity contribution in [3.8, 4) is 0 Å². The van der Waals surface area contributed by atoms with Crippen LogP contribution in [-0.4, -0.2) is 24.0 Å². The molecule has 2 saturated carbocycles. The highest BCUT2D eigenvalue weighted by Gasteiger charge is 2.57. The topological polar surface area (TPSA) is 52.3 Å². The quantitative estimate of drug-likeness (QED) is 0.691. The number of ketones is 1. The summed E-state index contributed by atoms with van der Waals surface area (Å²) < 4.78 is 5.52. The fraction of sp³-hybridized carbons (Fsp3) is 0.900. The van der Waals surface area contributed by atoms with Gasteiger partial charge in [0.05, 0.1) is 11.6 Å². The summed E-state index contributed by atoms with van der Waals surface area (Å²) in [6.07, 6.45) is 3.60. The number of Topliss-reactive ketones (excluding diaryl/α,β-unsaturated/α-hetero) is 1. The standard InChI is InChI=1S/C10H17NO2/c1-2-13-9-6-7-8(12)4-3-5-10(7,9)11/h7,9H,2-6,11H2,1H3. The molecular weight excluding hydrogens is 166 g/mol. The number of carbonyl (C=O) groups excluding carboxylic acids is 1. The molecule has 0 amide bonds. The van der Waals surface area contributed by atoms with Gasteiger partial charge >= 0.3 is 0 Å². The van der Waals surface area contributed by atoms with Gasteiger partial charge in [0, 0.05) is 18.9 Å². The summed E-state index contributed by atoms with van der Waals surface area (Å²) in [4.78, 5) is 11.5. The van der Waals surface area contributed by atoms with E-state index in [1.807, 2.05) is 6.92 Å². The van der Waals surface area contributed by atoms with Crippen LogP contribution in [0.3, 0.4) is 0 Å². The van der Waals surface area contributed by atoms with Gasteiger partial charge in [-0.25, -0.2) is 0 Å². The van der Waals surface area contributed by atoms with Gasteiger partial charge in [-0.15, -0.1) is 0 Å². The van der Waals surface area contributed by atoms with Crippen molar-refractivity contribution < 1.29 is 9.53 Å². The van der Waals surface area contributed by atoms with Crippen molar-refractivity contribution in [1.29, 1.82) is 0 Å². The second-order valence-corrected chi connectivity index (χ2v) is 4.16. The van der Waals surface area contributed by atoms with Crippen molar-refractivity contribution in [1.82, 2.24) is 0 Å². The van der Waals surface area contributed by atoms with Gasteiger partial charge in [-0.2, -0.15) is 0 Å². The summed E-state index contributed by atoms with van der Waals surface area (Å²) in [5.74, 6) is 0.447. The van der Waals surface area contributed by atoms with Gasteiger partial charge in [-0.3, -0.25) is 4.79 Å². The molecule has 2 aliphatic rings. The van der Waals surface area contributed by atoms with Crippen molar-refractivity contribution in [2.75, 3.05) is 6.61 Å². The van der Waals surface area contributed by atoms with Crippen LogP contribution in [0.1, 0.15) is 32.6 Å². The average molecular weight is 183 g/mol. The van der Waals surface area contributed by atoms with E-state index < -0.39 is 0 Å². The molecule has 2 rings (SSSR count). The van der Waals surface area contributed by atoms with Gasteiger partial charge in [0.1, 0.15) is 5.78 Å². The number of nitrogens with two attached hydrogens (primary N) is 1. The molecule has 0 aromatic rings. The first-order valence-electron chi connectivity index (χ1n) is 5.11. The Morgan fingerprint density at radius 2 is 2.46 bits per heavy atom. The van der Waals surface area contributed by atoms with E-state index in [1.165, 1.54) is 0 Å². The van der Waals surface area contributed by atoms with Gasteiger partial charge in [-0.1, -0.05) is 0 Å². The van der Waals surface area contributed by atoms with Crippen LogP contribution in [0.5, 0.6) is 0 Å². The Morgan fingerprint density at radius 3 is 3.15 bits per heavy atom. The second kappa shape index (κ2) is 3.07. The zero-order chi connectivity index (χ0) is 9.47. The first kappa shape index (κ1) is 9.16. The molecule has 3 heteroatoms. The van der Waals surface area contributed by atoms with Crippen LogP contribution in [-0.2, 0) is 9.53 Å². The van der Waals surface area contributed by atoms with Crippen LogP contribution in [0.2, 0.25) is 0 Å². The molecule has 13 heavy (non-hydrogen) atoms. The predicted molar refractivity (Wildman–Crippen MR) is 49.3 cm³/mol. The molecule has 3 nitrogen and oxygen atoms in total. The van der Waals surface area contributed by atoms with Gasteiger partial charge in [-0.05, 0) is 26.2 Å². The molecule has 0 aromatic heterocycles. The summed E-state index contributed by atoms with van der Waals surface area (Å²) in [5.41, 5.74) is 5.87. The zero-order valence-electron chi connectivity index (χ0n) is 8.08. The fourth-order valence-corrected chi connectivity index (χ4v) is 2.65. The lowest BCUT2D eigenvalue weighted by Gasteiger charge is -2.54. The first-order valence-corrected chi connectivity index (χ1v) is 5.11. The SMILES string of the molecule is CCOC1CC2C(=O)CCCC12N. The fourth-order valence-electron chi connectivity index (χ4n) is 2.65. The second-order valence-electron chi connectivity index (χ2n) is 4.16. The maximum Gasteiger partial charge on any atom is 0.138 e. The number of hydrogen-bond donors (Lipinski definition) is 1. The molecule has 0 heterocycles. The van der Waals surface area contributed by atoms with Gasteiger partial charge in [0.2, 0.25) is 0 Å². The molecule has 0 radical (unpaired) electrons. The Balaban J connectivity index is 2.06. The van der Waals surface area contributed by atoms with Crippen LogP contribution >= 0.6 is 0 Å². The molecule has 2 aliphatic carbocycles. The van der Waals surface area contributed by atoms with E-state index in [2.05, 4.69) is 0 Å². The molecule has 3 atom stereocenters. The average Bonchev–Trinajstić information content (AvgIpc) is 2.09. The van der Waals surface area contributed by atoms with E-state index in [4.69, 9.17) is 10.5 Å². The Kier molecular flexibility index (Phi) is 2.16. The smallest absolute Gasteiger partial charge is 0.138 e. The maximum atomic E-state index is 11.5. The Bertz CT molecular complexity index is 229. The van der Waals surface area contributed by atoms with Crippen molar-refractivity contribution in [2.24, 2.45) is 11.7 Å². The number of ether oxygens (including phenoxy) is 1. The van der Waals surface area contributed by atoms with Crippen molar-refractivity contribution >= 4 is 5.78 Å². The monoisotopic (exact) mass is 183 g/mol. The number of hydrogen-bond acceptors (Lipinski definition) is 3. The zero-order valence-corrected chi connectivity index (χ0v) is 8.08. The van der Waals surface area contributed by atoms with Crippen molar-refractivity contribution in [3.05, 3.63) is 0 Å². The van der Waals surface area contributed by atoms with Crippen LogP contribution < -0.4 is 5.73 Å². The summed E-state index contributed by atoms with van der Waals surface area (Å²) in [7, 11) is 0. The van der Waals surface area contributed by atoms with Crippen molar-refractivity contribution in [2.45, 2.75) is 44.2 Å². The minimum absolute atomic E-state index is 0.0952. The van der Waals surface area contributed by atoms with E-state index in [0.29, 0.717) is 12.4 Å². The molecule has 0 spiro atoms. The Morgan fingerprint density at radius 1 is 1.69 bits per heavy atom. The lowest BCUT2D eigenvalue weighted by Crippen LogP contribution is -2.70. The molecule has 74 valence electrons. The molecule has 0 aliphatic heterocycles. The lowest BCUT2D eigenvalue weighted by molar-refractivity contribution is -0.153. The number of rotatable bonds is 2. The van der Waals surface area contributed by atoms with E-state index in [0.717, 1.165) is 25.7 Å². The minimum atomic E-state index is -0.314. The Hall–Kier alpha value is -0.410. The molecule has 0 saturated heterocycles. The van der Waals surface area contributed by atoms with Crippen LogP contribution in [0.15, 0.2) is 0 Å². The number of fused-ring (bicyclic) bond motifs is 1. The highest BCUT2D eigenvalue weighted by molar-refractivity contribution is 5.84. The third-order valence-electron chi connectivity index (χ3n) is 3.49. The van der Waals surface area contributed by atoms with E-state index in [9.17, 15) is 4.79 Å². The normalized spacial score (nSPS) is 44.0. The molecule has 2 N–H and O–H groups in total. The maximum absolute atomic E-state index is 11.5. The van der Waals surface area contributed by atoms with E-state index in [-0.39, 0.29) is 17.6 Å². The largest absolute Gasteiger partial charge is 0.377 e. The summed E-state index contributed by atoms with van der Waals surface area (Å²) in [6, 6.07) is 0. The summed E-state index contributed by atoms with van der Waals surface area (Å²) in [6.45, 7) is 2.67. The van der Waals surface area contributed by atoms with E-state index in [1.54, 1.807) is 0 Å². The first-order chi connectivity index (χ1) is 6.18. The molecule has 2 fully saturated rings. The van der Waals surface area contributed by atoms with Crippen LogP contribution in [0.25, 0.3) is 0 Å². The summed E-state index contributed by atoms with van der Waals surface area (Å²) >= 11 is 0. The predicted octanol–water partition coefficient (Wildman–Crippen LogP) is 0.862.